The second-order valence-electron chi connectivity index (χ2n) is 6.88. The van der Waals surface area contributed by atoms with Crippen LogP contribution in [0, 0.1) is 0 Å². The predicted octanol–water partition coefficient (Wildman–Crippen LogP) is 4.53. The molecule has 0 spiro atoms. The Labute approximate surface area is 168 Å². The Morgan fingerprint density at radius 1 is 0.786 bits per heavy atom. The Morgan fingerprint density at radius 2 is 1.39 bits per heavy atom. The second-order valence-corrected chi connectivity index (χ2v) is 7.32. The van der Waals surface area contributed by atoms with Gasteiger partial charge in [-0.15, -0.1) is 0 Å². The molecule has 0 radical (unpaired) electrons. The largest absolute Gasteiger partial charge is 0.325 e. The number of hydrogen-bond donors (Lipinski definition) is 1. The SMILES string of the molecule is O=C1N[C@](Cc2ccccc2)(c2ccccc2)C(=O)N1Cc1ccc(Cl)cc1. The van der Waals surface area contributed by atoms with Crippen molar-refractivity contribution in [1.29, 1.82) is 0 Å². The Balaban J connectivity index is 1.71. The molecule has 4 nitrogen and oxygen atoms in total. The maximum atomic E-state index is 13.5. The van der Waals surface area contributed by atoms with Crippen molar-refractivity contribution in [2.45, 2.75) is 18.5 Å². The van der Waals surface area contributed by atoms with Gasteiger partial charge in [-0.25, -0.2) is 4.79 Å². The molecule has 0 unspecified atom stereocenters. The standard InChI is InChI=1S/C23H19ClN2O2/c24-20-13-11-18(12-14-20)16-26-21(27)23(25-22(26)28,19-9-5-2-6-10-19)15-17-7-3-1-4-8-17/h1-14H,15-16H2,(H,25,28)/t23-/m1/s1. The number of halogens is 1. The van der Waals surface area contributed by atoms with Crippen molar-refractivity contribution in [1.82, 2.24) is 10.2 Å². The van der Waals surface area contributed by atoms with Crippen LogP contribution in [0.4, 0.5) is 4.79 Å². The first-order chi connectivity index (χ1) is 13.6. The normalized spacial score (nSPS) is 19.0. The molecule has 1 N–H and O–H groups in total. The molecule has 3 aromatic carbocycles. The van der Waals surface area contributed by atoms with Crippen LogP contribution in [-0.4, -0.2) is 16.8 Å². The summed E-state index contributed by atoms with van der Waals surface area (Å²) in [6.07, 6.45) is 0.388. The van der Waals surface area contributed by atoms with Gasteiger partial charge in [0.1, 0.15) is 0 Å². The summed E-state index contributed by atoms with van der Waals surface area (Å²) in [4.78, 5) is 27.6. The highest BCUT2D eigenvalue weighted by atomic mass is 35.5. The molecule has 0 aliphatic carbocycles. The number of hydrogen-bond acceptors (Lipinski definition) is 2. The summed E-state index contributed by atoms with van der Waals surface area (Å²) in [5.41, 5.74) is 1.48. The molecule has 5 heteroatoms. The number of nitrogens with zero attached hydrogens (tertiary/aromatic N) is 1. The van der Waals surface area contributed by atoms with Crippen LogP contribution in [-0.2, 0) is 23.3 Å². The topological polar surface area (TPSA) is 49.4 Å². The van der Waals surface area contributed by atoms with Gasteiger partial charge in [-0.05, 0) is 28.8 Å². The summed E-state index contributed by atoms with van der Waals surface area (Å²) in [5.74, 6) is -0.248. The Kier molecular flexibility index (Phi) is 4.88. The van der Waals surface area contributed by atoms with E-state index in [2.05, 4.69) is 5.32 Å². The van der Waals surface area contributed by atoms with Crippen molar-refractivity contribution < 1.29 is 9.59 Å². The van der Waals surface area contributed by atoms with Crippen molar-refractivity contribution in [2.24, 2.45) is 0 Å². The van der Waals surface area contributed by atoms with Gasteiger partial charge >= 0.3 is 6.03 Å². The lowest BCUT2D eigenvalue weighted by Crippen LogP contribution is -2.46. The molecule has 140 valence electrons. The molecule has 28 heavy (non-hydrogen) atoms. The van der Waals surface area contributed by atoms with E-state index in [4.69, 9.17) is 11.6 Å². The molecule has 1 heterocycles. The van der Waals surface area contributed by atoms with E-state index >= 15 is 0 Å². The third kappa shape index (κ3) is 3.39. The molecule has 0 bridgehead atoms. The van der Waals surface area contributed by atoms with Crippen molar-refractivity contribution in [2.75, 3.05) is 0 Å². The van der Waals surface area contributed by atoms with Crippen LogP contribution >= 0.6 is 11.6 Å². The number of rotatable bonds is 5. The number of urea groups is 1. The van der Waals surface area contributed by atoms with E-state index in [0.29, 0.717) is 11.4 Å². The Morgan fingerprint density at radius 3 is 2.04 bits per heavy atom. The van der Waals surface area contributed by atoms with Crippen LogP contribution in [0.1, 0.15) is 16.7 Å². The summed E-state index contributed by atoms with van der Waals surface area (Å²) in [7, 11) is 0. The lowest BCUT2D eigenvalue weighted by atomic mass is 9.83. The lowest BCUT2D eigenvalue weighted by molar-refractivity contribution is -0.132. The third-order valence-electron chi connectivity index (χ3n) is 5.01. The second kappa shape index (κ2) is 7.49. The number of carbonyl (C=O) groups excluding carboxylic acids is 2. The molecule has 3 amide bonds. The van der Waals surface area contributed by atoms with E-state index < -0.39 is 5.54 Å². The van der Waals surface area contributed by atoms with Crippen LogP contribution in [0.2, 0.25) is 5.02 Å². The zero-order valence-corrected chi connectivity index (χ0v) is 15.9. The predicted molar refractivity (Wildman–Crippen MR) is 109 cm³/mol. The van der Waals surface area contributed by atoms with Gasteiger partial charge in [0.15, 0.2) is 5.54 Å². The van der Waals surface area contributed by atoms with Gasteiger partial charge in [0.05, 0.1) is 6.54 Å². The first-order valence-corrected chi connectivity index (χ1v) is 9.44. The minimum atomic E-state index is -1.12. The number of imide groups is 1. The van der Waals surface area contributed by atoms with E-state index in [-0.39, 0.29) is 18.5 Å². The molecule has 1 fully saturated rings. The van der Waals surface area contributed by atoms with E-state index in [1.807, 2.05) is 72.8 Å². The molecule has 1 aliphatic rings. The maximum absolute atomic E-state index is 13.5. The quantitative estimate of drug-likeness (QED) is 0.650. The van der Waals surface area contributed by atoms with Crippen molar-refractivity contribution in [3.05, 3.63) is 107 Å². The average Bonchev–Trinajstić information content (AvgIpc) is 2.96. The molecule has 1 aliphatic heterocycles. The zero-order chi connectivity index (χ0) is 19.6. The van der Waals surface area contributed by atoms with Gasteiger partial charge in [-0.3, -0.25) is 9.69 Å². The molecule has 4 rings (SSSR count). The maximum Gasteiger partial charge on any atom is 0.325 e. The van der Waals surface area contributed by atoms with Gasteiger partial charge < -0.3 is 5.32 Å². The van der Waals surface area contributed by atoms with Gasteiger partial charge in [0.25, 0.3) is 5.91 Å². The van der Waals surface area contributed by atoms with E-state index in [1.54, 1.807) is 12.1 Å². The highest BCUT2D eigenvalue weighted by molar-refractivity contribution is 6.30. The summed E-state index contributed by atoms with van der Waals surface area (Å²) >= 11 is 5.94. The number of amides is 3. The first-order valence-electron chi connectivity index (χ1n) is 9.06. The molecule has 1 atom stereocenters. The van der Waals surface area contributed by atoms with E-state index in [1.165, 1.54) is 4.90 Å². The molecule has 1 saturated heterocycles. The number of carbonyl (C=O) groups is 2. The fourth-order valence-electron chi connectivity index (χ4n) is 3.58. The van der Waals surface area contributed by atoms with E-state index in [0.717, 1.165) is 16.7 Å². The van der Waals surface area contributed by atoms with Crippen molar-refractivity contribution in [3.8, 4) is 0 Å². The van der Waals surface area contributed by atoms with Crippen LogP contribution in [0.15, 0.2) is 84.9 Å². The van der Waals surface area contributed by atoms with Gasteiger partial charge in [0.2, 0.25) is 0 Å². The molecule has 0 aromatic heterocycles. The van der Waals surface area contributed by atoms with Crippen LogP contribution < -0.4 is 5.32 Å². The minimum Gasteiger partial charge on any atom is -0.319 e. The van der Waals surface area contributed by atoms with Crippen LogP contribution in [0.25, 0.3) is 0 Å². The summed E-state index contributed by atoms with van der Waals surface area (Å²) < 4.78 is 0. The average molecular weight is 391 g/mol. The summed E-state index contributed by atoms with van der Waals surface area (Å²) in [6.45, 7) is 0.200. The zero-order valence-electron chi connectivity index (χ0n) is 15.1. The van der Waals surface area contributed by atoms with Gasteiger partial charge in [-0.1, -0.05) is 84.4 Å². The third-order valence-corrected chi connectivity index (χ3v) is 5.26. The number of benzene rings is 3. The molecular weight excluding hydrogens is 372 g/mol. The van der Waals surface area contributed by atoms with Gasteiger partial charge in [0, 0.05) is 11.4 Å². The Bertz CT molecular complexity index is 990. The minimum absolute atomic E-state index is 0.200. The summed E-state index contributed by atoms with van der Waals surface area (Å²) in [5, 5.41) is 3.59. The number of nitrogens with one attached hydrogen (secondary N) is 1. The molecular formula is C23H19ClN2O2. The summed E-state index contributed by atoms with van der Waals surface area (Å²) in [6, 6.07) is 25.9. The fourth-order valence-corrected chi connectivity index (χ4v) is 3.71. The Hall–Kier alpha value is -3.11. The molecule has 0 saturated carbocycles. The highest BCUT2D eigenvalue weighted by Crippen LogP contribution is 2.33. The highest BCUT2D eigenvalue weighted by Gasteiger charge is 2.52. The smallest absolute Gasteiger partial charge is 0.319 e. The van der Waals surface area contributed by atoms with Crippen molar-refractivity contribution >= 4 is 23.5 Å². The van der Waals surface area contributed by atoms with Crippen LogP contribution in [0.5, 0.6) is 0 Å². The monoisotopic (exact) mass is 390 g/mol. The van der Waals surface area contributed by atoms with E-state index in [9.17, 15) is 9.59 Å². The first kappa shape index (κ1) is 18.3. The lowest BCUT2D eigenvalue weighted by Gasteiger charge is -2.27. The van der Waals surface area contributed by atoms with Gasteiger partial charge in [-0.2, -0.15) is 0 Å². The molecule has 3 aromatic rings. The van der Waals surface area contributed by atoms with Crippen molar-refractivity contribution in [3.63, 3.8) is 0 Å². The van der Waals surface area contributed by atoms with Crippen LogP contribution in [0.3, 0.4) is 0 Å². The fraction of sp³-hybridized carbons (Fsp3) is 0.130.